The van der Waals surface area contributed by atoms with Crippen LogP contribution in [0, 0.1) is 19.8 Å². The second-order valence-corrected chi connectivity index (χ2v) is 8.49. The summed E-state index contributed by atoms with van der Waals surface area (Å²) in [5.74, 6) is -1.72. The van der Waals surface area contributed by atoms with E-state index in [2.05, 4.69) is 10.1 Å². The normalized spacial score (nSPS) is 12.4. The Morgan fingerprint density at radius 1 is 0.943 bits per heavy atom. The van der Waals surface area contributed by atoms with Crippen LogP contribution in [-0.4, -0.2) is 27.0 Å². The SMILES string of the molecule is Cc1cnc(F)cc1C(CC(c1ccc(-c2ccc(C(=O)O)cc2)cc1)c1ccccc1C)=NO. The molecule has 2 N–H and O–H groups in total. The van der Waals surface area contributed by atoms with Crippen molar-refractivity contribution in [2.45, 2.75) is 26.2 Å². The van der Waals surface area contributed by atoms with Crippen LogP contribution in [0.3, 0.4) is 0 Å². The summed E-state index contributed by atoms with van der Waals surface area (Å²) in [6, 6.07) is 24.1. The summed E-state index contributed by atoms with van der Waals surface area (Å²) in [5.41, 5.74) is 6.93. The molecule has 0 radical (unpaired) electrons. The molecular formula is C29H25FN2O3. The molecule has 0 aliphatic rings. The lowest BCUT2D eigenvalue weighted by Crippen LogP contribution is -2.13. The lowest BCUT2D eigenvalue weighted by Gasteiger charge is -2.22. The van der Waals surface area contributed by atoms with E-state index < -0.39 is 11.9 Å². The van der Waals surface area contributed by atoms with Crippen molar-refractivity contribution >= 4 is 11.7 Å². The Labute approximate surface area is 203 Å². The maximum Gasteiger partial charge on any atom is 0.335 e. The average molecular weight is 469 g/mol. The van der Waals surface area contributed by atoms with Crippen LogP contribution in [0.2, 0.25) is 0 Å². The Bertz CT molecular complexity index is 1380. The van der Waals surface area contributed by atoms with E-state index in [1.807, 2.05) is 55.5 Å². The highest BCUT2D eigenvalue weighted by atomic mass is 19.1. The van der Waals surface area contributed by atoms with Crippen molar-refractivity contribution in [1.29, 1.82) is 0 Å². The summed E-state index contributed by atoms with van der Waals surface area (Å²) in [6.45, 7) is 3.84. The summed E-state index contributed by atoms with van der Waals surface area (Å²) in [7, 11) is 0. The van der Waals surface area contributed by atoms with E-state index in [0.29, 0.717) is 17.7 Å². The molecule has 0 aliphatic carbocycles. The monoisotopic (exact) mass is 468 g/mol. The standard InChI is InChI=1S/C29H25FN2O3/c1-18-5-3-4-6-24(18)26(15-27(32-35)25-16-28(30)31-17-19(25)2)22-11-7-20(8-12-22)21-9-13-23(14-10-21)29(33)34/h3-14,16-17,26,35H,15H2,1-2H3,(H,33,34). The summed E-state index contributed by atoms with van der Waals surface area (Å²) in [6.07, 6.45) is 1.79. The van der Waals surface area contributed by atoms with Gasteiger partial charge in [-0.25, -0.2) is 9.78 Å². The zero-order chi connectivity index (χ0) is 24.9. The van der Waals surface area contributed by atoms with Crippen LogP contribution in [0.4, 0.5) is 4.39 Å². The molecule has 1 unspecified atom stereocenters. The number of aromatic nitrogens is 1. The van der Waals surface area contributed by atoms with Crippen LogP contribution in [-0.2, 0) is 0 Å². The zero-order valence-electron chi connectivity index (χ0n) is 19.4. The Kier molecular flexibility index (Phi) is 7.01. The van der Waals surface area contributed by atoms with Crippen LogP contribution in [0.25, 0.3) is 11.1 Å². The third-order valence-corrected chi connectivity index (χ3v) is 6.24. The Morgan fingerprint density at radius 3 is 2.17 bits per heavy atom. The van der Waals surface area contributed by atoms with Crippen LogP contribution in [0.15, 0.2) is 90.2 Å². The van der Waals surface area contributed by atoms with Crippen LogP contribution >= 0.6 is 0 Å². The molecule has 6 heteroatoms. The van der Waals surface area contributed by atoms with Crippen molar-refractivity contribution in [2.24, 2.45) is 5.16 Å². The van der Waals surface area contributed by atoms with E-state index in [9.17, 15) is 14.4 Å². The molecule has 35 heavy (non-hydrogen) atoms. The third kappa shape index (κ3) is 5.27. The second kappa shape index (κ2) is 10.3. The van der Waals surface area contributed by atoms with E-state index in [1.165, 1.54) is 12.3 Å². The number of carboxylic acid groups (broad SMARTS) is 1. The maximum atomic E-state index is 13.9. The molecule has 4 rings (SSSR count). The van der Waals surface area contributed by atoms with Crippen molar-refractivity contribution in [3.8, 4) is 11.1 Å². The predicted octanol–water partition coefficient (Wildman–Crippen LogP) is 6.60. The van der Waals surface area contributed by atoms with Gasteiger partial charge in [0.15, 0.2) is 0 Å². The van der Waals surface area contributed by atoms with E-state index in [4.69, 9.17) is 5.11 Å². The van der Waals surface area contributed by atoms with Gasteiger partial charge in [0.25, 0.3) is 0 Å². The number of carbonyl (C=O) groups is 1. The lowest BCUT2D eigenvalue weighted by molar-refractivity contribution is 0.0697. The van der Waals surface area contributed by atoms with Crippen LogP contribution in [0.5, 0.6) is 0 Å². The average Bonchev–Trinajstić information content (AvgIpc) is 2.87. The van der Waals surface area contributed by atoms with Crippen LogP contribution in [0.1, 0.15) is 50.5 Å². The number of oxime groups is 1. The minimum Gasteiger partial charge on any atom is -0.478 e. The molecule has 5 nitrogen and oxygen atoms in total. The van der Waals surface area contributed by atoms with Gasteiger partial charge in [-0.05, 0) is 59.4 Å². The fraction of sp³-hybridized carbons (Fsp3) is 0.138. The number of aryl methyl sites for hydroxylation is 2. The van der Waals surface area contributed by atoms with Crippen LogP contribution < -0.4 is 0 Å². The van der Waals surface area contributed by atoms with Crippen molar-refractivity contribution in [3.05, 3.63) is 124 Å². The molecule has 3 aromatic carbocycles. The number of halogens is 1. The number of carboxylic acids is 1. The number of hydrogen-bond donors (Lipinski definition) is 2. The number of hydrogen-bond acceptors (Lipinski definition) is 4. The largest absolute Gasteiger partial charge is 0.478 e. The quantitative estimate of drug-likeness (QED) is 0.138. The summed E-state index contributed by atoms with van der Waals surface area (Å²) < 4.78 is 13.9. The predicted molar refractivity (Wildman–Crippen MR) is 134 cm³/mol. The summed E-state index contributed by atoms with van der Waals surface area (Å²) >= 11 is 0. The van der Waals surface area contributed by atoms with Gasteiger partial charge in [-0.3, -0.25) is 0 Å². The topological polar surface area (TPSA) is 82.8 Å². The molecule has 176 valence electrons. The summed E-state index contributed by atoms with van der Waals surface area (Å²) in [5, 5.41) is 22.5. The number of rotatable bonds is 7. The first-order chi connectivity index (χ1) is 16.9. The Morgan fingerprint density at radius 2 is 1.57 bits per heavy atom. The molecule has 1 aromatic heterocycles. The molecule has 0 bridgehead atoms. The van der Waals surface area contributed by atoms with Gasteiger partial charge in [-0.15, -0.1) is 0 Å². The minimum absolute atomic E-state index is 0.138. The number of pyridine rings is 1. The number of aromatic carboxylic acids is 1. The molecule has 0 aliphatic heterocycles. The Balaban J connectivity index is 1.71. The van der Waals surface area contributed by atoms with E-state index in [-0.39, 0.29) is 11.5 Å². The van der Waals surface area contributed by atoms with E-state index in [0.717, 1.165) is 33.4 Å². The van der Waals surface area contributed by atoms with Gasteiger partial charge in [-0.1, -0.05) is 65.8 Å². The zero-order valence-corrected chi connectivity index (χ0v) is 19.4. The molecular weight excluding hydrogens is 443 g/mol. The van der Waals surface area contributed by atoms with Crippen molar-refractivity contribution < 1.29 is 19.5 Å². The fourth-order valence-electron chi connectivity index (χ4n) is 4.31. The molecule has 0 amide bonds. The smallest absolute Gasteiger partial charge is 0.335 e. The van der Waals surface area contributed by atoms with Gasteiger partial charge >= 0.3 is 5.97 Å². The number of nitrogens with zero attached hydrogens (tertiary/aromatic N) is 2. The van der Waals surface area contributed by atoms with E-state index >= 15 is 0 Å². The molecule has 0 saturated carbocycles. The van der Waals surface area contributed by atoms with Crippen molar-refractivity contribution in [1.82, 2.24) is 4.98 Å². The van der Waals surface area contributed by atoms with Gasteiger partial charge in [0.2, 0.25) is 5.95 Å². The lowest BCUT2D eigenvalue weighted by atomic mass is 9.82. The Hall–Kier alpha value is -4.32. The first-order valence-electron chi connectivity index (χ1n) is 11.2. The highest BCUT2D eigenvalue weighted by molar-refractivity contribution is 6.02. The summed E-state index contributed by atoms with van der Waals surface area (Å²) in [4.78, 5) is 14.8. The second-order valence-electron chi connectivity index (χ2n) is 8.49. The first-order valence-corrected chi connectivity index (χ1v) is 11.2. The highest BCUT2D eigenvalue weighted by Crippen LogP contribution is 2.33. The molecule has 4 aromatic rings. The molecule has 0 spiro atoms. The molecule has 1 heterocycles. The highest BCUT2D eigenvalue weighted by Gasteiger charge is 2.22. The first kappa shape index (κ1) is 23.8. The fourth-order valence-corrected chi connectivity index (χ4v) is 4.31. The number of benzene rings is 3. The van der Waals surface area contributed by atoms with Gasteiger partial charge in [0.05, 0.1) is 11.3 Å². The van der Waals surface area contributed by atoms with E-state index in [1.54, 1.807) is 31.2 Å². The van der Waals surface area contributed by atoms with Crippen molar-refractivity contribution in [3.63, 3.8) is 0 Å². The molecule has 0 saturated heterocycles. The van der Waals surface area contributed by atoms with Gasteiger partial charge in [0, 0.05) is 30.2 Å². The maximum absolute atomic E-state index is 13.9. The van der Waals surface area contributed by atoms with Crippen molar-refractivity contribution in [2.75, 3.05) is 0 Å². The third-order valence-electron chi connectivity index (χ3n) is 6.24. The van der Waals surface area contributed by atoms with Gasteiger partial charge in [0.1, 0.15) is 0 Å². The van der Waals surface area contributed by atoms with Gasteiger partial charge in [-0.2, -0.15) is 4.39 Å². The van der Waals surface area contributed by atoms with Gasteiger partial charge < -0.3 is 10.3 Å². The minimum atomic E-state index is -0.960. The molecule has 1 atom stereocenters. The molecule has 0 fully saturated rings.